The Morgan fingerprint density at radius 3 is 2.60 bits per heavy atom. The predicted molar refractivity (Wildman–Crippen MR) is 104 cm³/mol. The summed E-state index contributed by atoms with van der Waals surface area (Å²) in [4.78, 5) is 24.4. The molecule has 0 aromatic carbocycles. The first-order valence-corrected chi connectivity index (χ1v) is 10.1. The summed E-state index contributed by atoms with van der Waals surface area (Å²) in [6.07, 6.45) is 5.68. The summed E-state index contributed by atoms with van der Waals surface area (Å²) in [5, 5.41) is 7.86. The lowest BCUT2D eigenvalue weighted by molar-refractivity contribution is -0.136. The van der Waals surface area contributed by atoms with E-state index in [4.69, 9.17) is 0 Å². The number of thiazole rings is 1. The van der Waals surface area contributed by atoms with Crippen LogP contribution in [0.5, 0.6) is 0 Å². The van der Waals surface area contributed by atoms with Crippen LogP contribution in [0.2, 0.25) is 0 Å². The number of hydrogen-bond acceptors (Lipinski definition) is 4. The highest BCUT2D eigenvalue weighted by Gasteiger charge is 2.26. The molecule has 0 atom stereocenters. The molecule has 7 heteroatoms. The number of amides is 1. The summed E-state index contributed by atoms with van der Waals surface area (Å²) in [6, 6.07) is 0.356. The molecule has 0 unspecified atom stereocenters. The minimum absolute atomic E-state index is 0.181. The maximum absolute atomic E-state index is 12.5. The van der Waals surface area contributed by atoms with Crippen molar-refractivity contribution in [2.75, 3.05) is 20.1 Å². The Hall–Kier alpha value is -1.63. The average molecular weight is 366 g/mol. The van der Waals surface area contributed by atoms with Gasteiger partial charge >= 0.3 is 0 Å². The summed E-state index contributed by atoms with van der Waals surface area (Å²) < 4.78 is 0. The van der Waals surface area contributed by atoms with Crippen molar-refractivity contribution in [3.8, 4) is 0 Å². The van der Waals surface area contributed by atoms with Gasteiger partial charge in [0, 0.05) is 43.2 Å². The van der Waals surface area contributed by atoms with E-state index >= 15 is 0 Å². The molecule has 6 nitrogen and oxygen atoms in total. The van der Waals surface area contributed by atoms with Gasteiger partial charge in [0.25, 0.3) is 0 Å². The van der Waals surface area contributed by atoms with Crippen LogP contribution in [0.3, 0.4) is 0 Å². The zero-order valence-corrected chi connectivity index (χ0v) is 16.7. The van der Waals surface area contributed by atoms with Crippen LogP contribution < -0.4 is 10.6 Å². The van der Waals surface area contributed by atoms with Crippen molar-refractivity contribution in [2.45, 2.75) is 59.0 Å². The van der Waals surface area contributed by atoms with E-state index < -0.39 is 0 Å². The summed E-state index contributed by atoms with van der Waals surface area (Å²) in [6.45, 7) is 8.60. The van der Waals surface area contributed by atoms with Crippen molar-refractivity contribution in [2.24, 2.45) is 10.9 Å². The number of hydrogen-bond donors (Lipinski definition) is 2. The van der Waals surface area contributed by atoms with Gasteiger partial charge in [-0.25, -0.2) is 4.98 Å². The monoisotopic (exact) mass is 365 g/mol. The third-order valence-corrected chi connectivity index (χ3v) is 5.69. The number of aromatic nitrogens is 1. The maximum atomic E-state index is 12.5. The lowest BCUT2D eigenvalue weighted by Gasteiger charge is -2.34. The van der Waals surface area contributed by atoms with Crippen molar-refractivity contribution in [1.29, 1.82) is 0 Å². The fraction of sp³-hybridized carbons (Fsp3) is 0.722. The molecule has 1 aliphatic heterocycles. The minimum Gasteiger partial charge on any atom is -0.354 e. The van der Waals surface area contributed by atoms with Crippen LogP contribution in [0.15, 0.2) is 11.2 Å². The van der Waals surface area contributed by atoms with Gasteiger partial charge in [-0.15, -0.1) is 11.3 Å². The predicted octanol–water partition coefficient (Wildman–Crippen LogP) is 2.54. The van der Waals surface area contributed by atoms with Crippen LogP contribution in [-0.2, 0) is 11.3 Å². The second-order valence-electron chi connectivity index (χ2n) is 6.55. The number of rotatable bonds is 6. The molecule has 140 valence electrons. The van der Waals surface area contributed by atoms with Crippen LogP contribution >= 0.6 is 11.3 Å². The highest BCUT2D eigenvalue weighted by Crippen LogP contribution is 2.17. The number of nitrogens with zero attached hydrogens (tertiary/aromatic N) is 3. The van der Waals surface area contributed by atoms with Crippen LogP contribution in [0.4, 0.5) is 0 Å². The van der Waals surface area contributed by atoms with Crippen molar-refractivity contribution >= 4 is 23.2 Å². The number of carbonyl (C=O) groups is 1. The van der Waals surface area contributed by atoms with Crippen LogP contribution in [0.1, 0.15) is 49.4 Å². The average Bonchev–Trinajstić information content (AvgIpc) is 3.05. The van der Waals surface area contributed by atoms with E-state index in [1.165, 1.54) is 4.88 Å². The highest BCUT2D eigenvalue weighted by molar-refractivity contribution is 7.11. The normalized spacial score (nSPS) is 16.4. The van der Waals surface area contributed by atoms with Gasteiger partial charge in [-0.05, 0) is 32.6 Å². The summed E-state index contributed by atoms with van der Waals surface area (Å²) in [7, 11) is 1.79. The Morgan fingerprint density at radius 2 is 2.08 bits per heavy atom. The molecule has 1 fully saturated rings. The summed E-state index contributed by atoms with van der Waals surface area (Å²) in [5.41, 5.74) is 0. The molecule has 25 heavy (non-hydrogen) atoms. The Bertz CT molecular complexity index is 574. The molecule has 2 N–H and O–H groups in total. The number of piperidine rings is 1. The van der Waals surface area contributed by atoms with E-state index in [1.54, 1.807) is 18.4 Å². The fourth-order valence-corrected chi connectivity index (χ4v) is 3.90. The van der Waals surface area contributed by atoms with Gasteiger partial charge < -0.3 is 15.5 Å². The van der Waals surface area contributed by atoms with E-state index in [1.807, 2.05) is 11.1 Å². The number of aryl methyl sites for hydroxylation is 1. The van der Waals surface area contributed by atoms with Crippen molar-refractivity contribution < 1.29 is 4.79 Å². The quantitative estimate of drug-likeness (QED) is 0.600. The molecule has 1 saturated heterocycles. The van der Waals surface area contributed by atoms with Gasteiger partial charge in [-0.3, -0.25) is 9.79 Å². The van der Waals surface area contributed by atoms with Crippen LogP contribution in [0.25, 0.3) is 0 Å². The maximum Gasteiger partial charge on any atom is 0.225 e. The first-order chi connectivity index (χ1) is 12.1. The molecule has 1 aromatic rings. The second-order valence-corrected chi connectivity index (χ2v) is 7.87. The minimum atomic E-state index is 0.181. The largest absolute Gasteiger partial charge is 0.354 e. The third kappa shape index (κ3) is 5.70. The SMILES string of the molecule is CCC(CC)C(=O)N1CCC(NC(=NC)NCc2ncc(C)s2)CC1. The third-order valence-electron chi connectivity index (χ3n) is 4.78. The molecular weight excluding hydrogens is 334 g/mol. The molecule has 1 aromatic heterocycles. The van der Waals surface area contributed by atoms with E-state index in [0.717, 1.165) is 49.7 Å². The Balaban J connectivity index is 1.77. The molecular formula is C18H31N5OS. The van der Waals surface area contributed by atoms with Gasteiger partial charge in [0.1, 0.15) is 5.01 Å². The van der Waals surface area contributed by atoms with E-state index in [-0.39, 0.29) is 5.92 Å². The molecule has 0 spiro atoms. The molecule has 0 saturated carbocycles. The summed E-state index contributed by atoms with van der Waals surface area (Å²) in [5.74, 6) is 1.31. The number of carbonyl (C=O) groups excluding carboxylic acids is 1. The summed E-state index contributed by atoms with van der Waals surface area (Å²) >= 11 is 1.70. The zero-order valence-electron chi connectivity index (χ0n) is 15.8. The smallest absolute Gasteiger partial charge is 0.225 e. The van der Waals surface area contributed by atoms with Crippen LogP contribution in [-0.4, -0.2) is 47.9 Å². The van der Waals surface area contributed by atoms with Gasteiger partial charge in [0.15, 0.2) is 5.96 Å². The zero-order chi connectivity index (χ0) is 18.2. The van der Waals surface area contributed by atoms with Crippen molar-refractivity contribution in [3.05, 3.63) is 16.1 Å². The Kier molecular flexibility index (Phi) is 7.68. The molecule has 1 aliphatic rings. The standard InChI is InChI=1S/C18H31N5OS/c1-5-14(6-2)17(24)23-9-7-15(8-10-23)22-18(19-4)21-12-16-20-11-13(3)25-16/h11,14-15H,5-10,12H2,1-4H3,(H2,19,21,22). The molecule has 0 radical (unpaired) electrons. The number of guanidine groups is 1. The molecule has 1 amide bonds. The first kappa shape index (κ1) is 19.7. The van der Waals surface area contributed by atoms with Gasteiger partial charge in [0.05, 0.1) is 6.54 Å². The van der Waals surface area contributed by atoms with E-state index in [2.05, 4.69) is 41.4 Å². The Morgan fingerprint density at radius 1 is 1.40 bits per heavy atom. The van der Waals surface area contributed by atoms with Gasteiger partial charge in [0.2, 0.25) is 5.91 Å². The fourth-order valence-electron chi connectivity index (χ4n) is 3.17. The van der Waals surface area contributed by atoms with Crippen LogP contribution in [0, 0.1) is 12.8 Å². The van der Waals surface area contributed by atoms with Gasteiger partial charge in [-0.1, -0.05) is 13.8 Å². The molecule has 2 rings (SSSR count). The topological polar surface area (TPSA) is 69.6 Å². The lowest BCUT2D eigenvalue weighted by atomic mass is 9.98. The first-order valence-electron chi connectivity index (χ1n) is 9.24. The number of likely N-dealkylation sites (tertiary alicyclic amines) is 1. The van der Waals surface area contributed by atoms with Gasteiger partial charge in [-0.2, -0.15) is 0 Å². The van der Waals surface area contributed by atoms with Crippen molar-refractivity contribution in [3.63, 3.8) is 0 Å². The molecule has 0 bridgehead atoms. The van der Waals surface area contributed by atoms with Crippen molar-refractivity contribution in [1.82, 2.24) is 20.5 Å². The lowest BCUT2D eigenvalue weighted by Crippen LogP contribution is -2.50. The highest BCUT2D eigenvalue weighted by atomic mass is 32.1. The molecule has 2 heterocycles. The van der Waals surface area contributed by atoms with E-state index in [0.29, 0.717) is 18.5 Å². The number of nitrogens with one attached hydrogen (secondary N) is 2. The van der Waals surface area contributed by atoms with E-state index in [9.17, 15) is 4.79 Å². The second kappa shape index (κ2) is 9.75. The molecule has 0 aliphatic carbocycles. The Labute approximate surface area is 155 Å². The number of aliphatic imine (C=N–C) groups is 1.